The topological polar surface area (TPSA) is 112 Å². The highest BCUT2D eigenvalue weighted by Crippen LogP contribution is 2.20. The minimum Gasteiger partial charge on any atom is -0.478 e. The largest absolute Gasteiger partial charge is 0.478 e. The Kier molecular flexibility index (Phi) is 22.0. The van der Waals surface area contributed by atoms with Crippen LogP contribution in [0.15, 0.2) is 36.0 Å². The Morgan fingerprint density at radius 3 is 1.62 bits per heavy atom. The van der Waals surface area contributed by atoms with Crippen LogP contribution in [-0.2, 0) is 14.4 Å². The van der Waals surface area contributed by atoms with Crippen molar-refractivity contribution in [2.75, 3.05) is 0 Å². The van der Waals surface area contributed by atoms with E-state index >= 15 is 0 Å². The van der Waals surface area contributed by atoms with Crippen LogP contribution in [0.3, 0.4) is 0 Å². The number of hydrogen-bond acceptors (Lipinski definition) is 3. The van der Waals surface area contributed by atoms with Crippen molar-refractivity contribution in [1.29, 1.82) is 0 Å². The summed E-state index contributed by atoms with van der Waals surface area (Å²) in [6, 6.07) is 0. The monoisotopic (exact) mass is 412 g/mol. The van der Waals surface area contributed by atoms with Gasteiger partial charge >= 0.3 is 17.9 Å². The quantitative estimate of drug-likeness (QED) is 0.334. The zero-order valence-electron chi connectivity index (χ0n) is 18.8. The summed E-state index contributed by atoms with van der Waals surface area (Å²) in [7, 11) is 0. The molecule has 6 nitrogen and oxygen atoms in total. The van der Waals surface area contributed by atoms with Crippen LogP contribution in [-0.4, -0.2) is 33.2 Å². The number of carbonyl (C=O) groups is 3. The Hall–Kier alpha value is -2.37. The van der Waals surface area contributed by atoms with Crippen molar-refractivity contribution in [1.82, 2.24) is 0 Å². The third kappa shape index (κ3) is 21.8. The zero-order valence-corrected chi connectivity index (χ0v) is 18.8. The molecule has 0 aliphatic rings. The molecular formula is C23H40O6. The number of carboxylic acids is 3. The van der Waals surface area contributed by atoms with Gasteiger partial charge in [-0.3, -0.25) is 0 Å². The molecule has 0 saturated carbocycles. The third-order valence-corrected chi connectivity index (χ3v) is 4.29. The molecule has 0 aromatic carbocycles. The first-order chi connectivity index (χ1) is 13.5. The Balaban J connectivity index is -0.000000370. The Labute approximate surface area is 176 Å². The van der Waals surface area contributed by atoms with Crippen LogP contribution in [0.5, 0.6) is 0 Å². The highest BCUT2D eigenvalue weighted by atomic mass is 16.4. The Bertz CT molecular complexity index is 546. The van der Waals surface area contributed by atoms with Gasteiger partial charge in [-0.1, -0.05) is 72.1 Å². The minimum atomic E-state index is -0.872. The maximum Gasteiger partial charge on any atom is 0.330 e. The molecule has 0 amide bonds. The molecule has 0 aromatic heterocycles. The summed E-state index contributed by atoms with van der Waals surface area (Å²) in [5.74, 6) is -2.07. The number of allylic oxidation sites excluding steroid dienone is 1. The van der Waals surface area contributed by atoms with Gasteiger partial charge in [-0.05, 0) is 39.0 Å². The molecule has 0 saturated heterocycles. The number of unbranched alkanes of at least 4 members (excludes halogenated alkanes) is 2. The summed E-state index contributed by atoms with van der Waals surface area (Å²) >= 11 is 0. The smallest absolute Gasteiger partial charge is 0.330 e. The van der Waals surface area contributed by atoms with Crippen molar-refractivity contribution in [2.24, 2.45) is 5.92 Å². The summed E-state index contributed by atoms with van der Waals surface area (Å²) in [5.41, 5.74) is 1.06. The van der Waals surface area contributed by atoms with Gasteiger partial charge in [0.25, 0.3) is 0 Å². The predicted molar refractivity (Wildman–Crippen MR) is 118 cm³/mol. The molecule has 0 heterocycles. The van der Waals surface area contributed by atoms with Gasteiger partial charge in [0.1, 0.15) is 0 Å². The van der Waals surface area contributed by atoms with Gasteiger partial charge in [-0.2, -0.15) is 0 Å². The second-order valence-corrected chi connectivity index (χ2v) is 6.82. The second-order valence-electron chi connectivity index (χ2n) is 6.82. The van der Waals surface area contributed by atoms with Crippen LogP contribution in [0.2, 0.25) is 0 Å². The molecule has 29 heavy (non-hydrogen) atoms. The maximum absolute atomic E-state index is 10.5. The lowest BCUT2D eigenvalue weighted by molar-refractivity contribution is -0.133. The van der Waals surface area contributed by atoms with Crippen molar-refractivity contribution < 1.29 is 29.7 Å². The van der Waals surface area contributed by atoms with Gasteiger partial charge < -0.3 is 15.3 Å². The molecule has 0 rings (SSSR count). The van der Waals surface area contributed by atoms with Crippen LogP contribution >= 0.6 is 0 Å². The van der Waals surface area contributed by atoms with E-state index in [9.17, 15) is 14.4 Å². The molecule has 168 valence electrons. The average molecular weight is 413 g/mol. The Morgan fingerprint density at radius 1 is 0.862 bits per heavy atom. The lowest BCUT2D eigenvalue weighted by Gasteiger charge is -2.13. The molecule has 0 aliphatic heterocycles. The second kappa shape index (κ2) is 20.4. The fourth-order valence-corrected chi connectivity index (χ4v) is 2.00. The molecule has 3 N–H and O–H groups in total. The predicted octanol–water partition coefficient (Wildman–Crippen LogP) is 6.09. The van der Waals surface area contributed by atoms with Gasteiger partial charge in [0.15, 0.2) is 0 Å². The fourth-order valence-electron chi connectivity index (χ4n) is 2.00. The number of rotatable bonds is 12. The number of carboxylic acid groups (broad SMARTS) is 3. The third-order valence-electron chi connectivity index (χ3n) is 4.29. The van der Waals surface area contributed by atoms with E-state index < -0.39 is 17.9 Å². The van der Waals surface area contributed by atoms with Crippen LogP contribution in [0, 0.1) is 5.92 Å². The molecule has 0 radical (unpaired) electrons. The molecule has 1 unspecified atom stereocenters. The molecule has 0 aliphatic carbocycles. The molecule has 0 aromatic rings. The summed E-state index contributed by atoms with van der Waals surface area (Å²) in [4.78, 5) is 30.5. The Morgan fingerprint density at radius 2 is 1.34 bits per heavy atom. The lowest BCUT2D eigenvalue weighted by Crippen LogP contribution is -2.06. The molecule has 0 fully saturated rings. The van der Waals surface area contributed by atoms with E-state index in [0.29, 0.717) is 35.5 Å². The SMILES string of the molecule is C/C=C(\C)C(=O)O.C=C(CC(CC)CCCC)C(=O)O.C=C(CCCC)C(=O)O. The molecule has 1 atom stereocenters. The van der Waals surface area contributed by atoms with Crippen molar-refractivity contribution in [3.8, 4) is 0 Å². The first kappa shape index (κ1) is 31.3. The molecular weight excluding hydrogens is 372 g/mol. The van der Waals surface area contributed by atoms with Gasteiger partial charge in [0, 0.05) is 16.7 Å². The highest BCUT2D eigenvalue weighted by molar-refractivity contribution is 5.86. The van der Waals surface area contributed by atoms with Crippen LogP contribution < -0.4 is 0 Å². The first-order valence-electron chi connectivity index (χ1n) is 10.2. The van der Waals surface area contributed by atoms with E-state index in [-0.39, 0.29) is 0 Å². The summed E-state index contributed by atoms with van der Waals surface area (Å²) < 4.78 is 0. The van der Waals surface area contributed by atoms with Crippen LogP contribution in [0.25, 0.3) is 0 Å². The van der Waals surface area contributed by atoms with E-state index in [4.69, 9.17) is 15.3 Å². The minimum absolute atomic E-state index is 0.317. The van der Waals surface area contributed by atoms with Crippen molar-refractivity contribution in [3.63, 3.8) is 0 Å². The number of hydrogen-bond donors (Lipinski definition) is 3. The van der Waals surface area contributed by atoms with Gasteiger partial charge in [-0.25, -0.2) is 14.4 Å². The average Bonchev–Trinajstić information content (AvgIpc) is 2.68. The number of aliphatic carboxylic acids is 3. The molecule has 0 bridgehead atoms. The molecule has 6 heteroatoms. The van der Waals surface area contributed by atoms with E-state index in [0.717, 1.165) is 25.7 Å². The zero-order chi connectivity index (χ0) is 23.4. The highest BCUT2D eigenvalue weighted by Gasteiger charge is 2.11. The van der Waals surface area contributed by atoms with Crippen molar-refractivity contribution >= 4 is 17.9 Å². The summed E-state index contributed by atoms with van der Waals surface area (Å²) in [6.45, 7) is 16.5. The lowest BCUT2D eigenvalue weighted by atomic mass is 9.92. The first-order valence-corrected chi connectivity index (χ1v) is 10.2. The van der Waals surface area contributed by atoms with Crippen molar-refractivity contribution in [3.05, 3.63) is 36.0 Å². The summed E-state index contributed by atoms with van der Waals surface area (Å²) in [6.07, 6.45) is 9.30. The van der Waals surface area contributed by atoms with E-state index in [1.807, 2.05) is 6.92 Å². The van der Waals surface area contributed by atoms with Crippen LogP contribution in [0.4, 0.5) is 0 Å². The normalized spacial score (nSPS) is 11.1. The van der Waals surface area contributed by atoms with Gasteiger partial charge in [-0.15, -0.1) is 0 Å². The standard InChI is InChI=1S/C11H20O2.C7H12O2.C5H8O2/c1-4-6-7-10(5-2)8-9(3)11(12)13;1-3-4-5-6(2)7(8)9;1-3-4(2)5(6)7/h10H,3-8H2,1-2H3,(H,12,13);2-5H2,1H3,(H,8,9);3H,1-2H3,(H,6,7)/b;;4-3+. The fraction of sp³-hybridized carbons (Fsp3) is 0.609. The molecule has 0 spiro atoms. The van der Waals surface area contributed by atoms with Gasteiger partial charge in [0.05, 0.1) is 0 Å². The van der Waals surface area contributed by atoms with Gasteiger partial charge in [0.2, 0.25) is 0 Å². The van der Waals surface area contributed by atoms with Crippen molar-refractivity contribution in [2.45, 2.75) is 86.0 Å². The maximum atomic E-state index is 10.5. The van der Waals surface area contributed by atoms with E-state index in [1.54, 1.807) is 19.9 Å². The van der Waals surface area contributed by atoms with Crippen LogP contribution in [0.1, 0.15) is 86.0 Å². The van der Waals surface area contributed by atoms with E-state index in [2.05, 4.69) is 27.0 Å². The summed E-state index contributed by atoms with van der Waals surface area (Å²) in [5, 5.41) is 25.1. The van der Waals surface area contributed by atoms with E-state index in [1.165, 1.54) is 12.8 Å².